The van der Waals surface area contributed by atoms with Crippen LogP contribution in [-0.4, -0.2) is 74.3 Å². The molecule has 0 radical (unpaired) electrons. The van der Waals surface area contributed by atoms with Crippen LogP contribution in [0.25, 0.3) is 11.2 Å². The van der Waals surface area contributed by atoms with Crippen LogP contribution in [0.1, 0.15) is 6.23 Å². The number of phosphoric acid groups is 1. The highest BCUT2D eigenvalue weighted by Crippen LogP contribution is 2.41. The largest absolute Gasteiger partial charge is 0.492 e. The molecule has 2 aromatic heterocycles. The molecule has 14 heteroatoms. The van der Waals surface area contributed by atoms with Gasteiger partial charge in [-0.1, -0.05) is 0 Å². The normalized spacial score (nSPS) is 29.2. The van der Waals surface area contributed by atoms with Crippen LogP contribution < -0.4 is 0 Å². The molecule has 3 heterocycles. The minimum absolute atomic E-state index is 0.0123. The van der Waals surface area contributed by atoms with E-state index >= 15 is 0 Å². The molecule has 0 saturated carbocycles. The molecule has 3 rings (SSSR count). The number of ether oxygens (including phenoxy) is 1. The van der Waals surface area contributed by atoms with Gasteiger partial charge in [0.25, 0.3) is 0 Å². The van der Waals surface area contributed by atoms with Gasteiger partial charge in [-0.25, -0.2) is 14.5 Å². The van der Waals surface area contributed by atoms with Gasteiger partial charge in [-0.15, -0.1) is 0 Å². The van der Waals surface area contributed by atoms with Gasteiger partial charge in [0.15, 0.2) is 23.7 Å². The third-order valence-electron chi connectivity index (χ3n) is 3.42. The van der Waals surface area contributed by atoms with E-state index in [1.165, 1.54) is 0 Å². The van der Waals surface area contributed by atoms with Crippen molar-refractivity contribution in [3.63, 3.8) is 0 Å². The molecule has 1 aliphatic rings. The van der Waals surface area contributed by atoms with Gasteiger partial charge in [-0.3, -0.25) is 9.09 Å². The molecule has 0 aromatic carbocycles. The van der Waals surface area contributed by atoms with Crippen molar-refractivity contribution in [3.05, 3.63) is 12.7 Å². The fourth-order valence-corrected chi connectivity index (χ4v) is 2.78. The summed E-state index contributed by atoms with van der Waals surface area (Å²) in [5.74, 6) is -0.409. The first-order valence-corrected chi connectivity index (χ1v) is 8.02. The zero-order valence-corrected chi connectivity index (χ0v) is 12.6. The van der Waals surface area contributed by atoms with E-state index in [0.29, 0.717) is 0 Å². The Morgan fingerprint density at radius 3 is 2.62 bits per heavy atom. The average molecular weight is 364 g/mol. The molecule has 13 nitrogen and oxygen atoms in total. The molecule has 1 saturated heterocycles. The second-order valence-electron chi connectivity index (χ2n) is 4.98. The molecule has 1 unspecified atom stereocenters. The van der Waals surface area contributed by atoms with Gasteiger partial charge < -0.3 is 34.9 Å². The van der Waals surface area contributed by atoms with E-state index in [-0.39, 0.29) is 11.2 Å². The Morgan fingerprint density at radius 1 is 1.25 bits per heavy atom. The third-order valence-corrected chi connectivity index (χ3v) is 3.91. The quantitative estimate of drug-likeness (QED) is 0.248. The summed E-state index contributed by atoms with van der Waals surface area (Å²) in [6, 6.07) is 0. The summed E-state index contributed by atoms with van der Waals surface area (Å²) in [7, 11) is -5.04. The van der Waals surface area contributed by atoms with Crippen LogP contribution in [-0.2, 0) is 13.8 Å². The summed E-state index contributed by atoms with van der Waals surface area (Å²) in [6.45, 7) is 0. The van der Waals surface area contributed by atoms with E-state index in [9.17, 15) is 25.0 Å². The molecule has 2 aromatic rings. The molecule has 0 amide bonds. The fourth-order valence-electron chi connectivity index (χ4n) is 2.38. The second kappa shape index (κ2) is 5.98. The molecule has 132 valence electrons. The van der Waals surface area contributed by atoms with E-state index in [1.807, 2.05) is 0 Å². The first-order valence-electron chi connectivity index (χ1n) is 6.49. The Labute approximate surface area is 133 Å². The predicted molar refractivity (Wildman–Crippen MR) is 72.0 cm³/mol. The number of aliphatic hydroxyl groups is 3. The van der Waals surface area contributed by atoms with Crippen molar-refractivity contribution >= 4 is 19.0 Å². The van der Waals surface area contributed by atoms with Crippen LogP contribution in [0.5, 0.6) is 5.88 Å². The van der Waals surface area contributed by atoms with E-state index in [4.69, 9.17) is 14.5 Å². The van der Waals surface area contributed by atoms with Crippen LogP contribution in [0.15, 0.2) is 12.7 Å². The molecular formula is C10H13N4O9P. The molecule has 0 bridgehead atoms. The van der Waals surface area contributed by atoms with Gasteiger partial charge in [-0.2, -0.15) is 4.98 Å². The molecular weight excluding hydrogens is 351 g/mol. The van der Waals surface area contributed by atoms with Gasteiger partial charge in [-0.05, 0) is 0 Å². The van der Waals surface area contributed by atoms with E-state index in [2.05, 4.69) is 19.5 Å². The van der Waals surface area contributed by atoms with E-state index in [0.717, 1.165) is 17.2 Å². The Morgan fingerprint density at radius 2 is 1.96 bits per heavy atom. The highest BCUT2D eigenvalue weighted by molar-refractivity contribution is 7.46. The molecule has 24 heavy (non-hydrogen) atoms. The Bertz CT molecular complexity index is 794. The van der Waals surface area contributed by atoms with Crippen molar-refractivity contribution in [2.75, 3.05) is 0 Å². The van der Waals surface area contributed by atoms with Crippen LogP contribution in [0, 0.1) is 0 Å². The zero-order valence-electron chi connectivity index (χ0n) is 11.7. The Balaban J connectivity index is 1.89. The number of imidazole rings is 1. The fraction of sp³-hybridized carbons (Fsp3) is 0.500. The second-order valence-corrected chi connectivity index (χ2v) is 6.17. The van der Waals surface area contributed by atoms with Gasteiger partial charge in [0.2, 0.25) is 5.88 Å². The smallest absolute Gasteiger partial charge is 0.472 e. The number of aliphatic hydroxyl groups excluding tert-OH is 3. The number of aromatic hydroxyl groups is 1. The lowest BCUT2D eigenvalue weighted by atomic mass is 10.1. The molecule has 5 atom stereocenters. The lowest BCUT2D eigenvalue weighted by Crippen LogP contribution is -2.39. The maximum atomic E-state index is 10.8. The first-order chi connectivity index (χ1) is 11.2. The summed E-state index contributed by atoms with van der Waals surface area (Å²) < 4.78 is 21.2. The number of nitrogens with zero attached hydrogens (tertiary/aromatic N) is 4. The standard InChI is InChI=1S/C10H13N4O9P/c15-4-5(16)9(22-6(4)10(18)23-24(19,20)21)14-2-13-3-7(14)11-1-12-8(3)17/h1-2,4-6,9-10,15-16,18H,(H,11,12,17)(H2,19,20,21)/t4-,5-,6-,9+,10?/m0/s1. The number of fused-ring (bicyclic) bond motifs is 1. The van der Waals surface area contributed by atoms with Crippen molar-refractivity contribution in [1.82, 2.24) is 19.5 Å². The molecule has 1 aliphatic heterocycles. The zero-order chi connectivity index (χ0) is 17.6. The first kappa shape index (κ1) is 17.1. The van der Waals surface area contributed by atoms with Crippen LogP contribution in [0.4, 0.5) is 0 Å². The molecule has 0 aliphatic carbocycles. The Kier molecular flexibility index (Phi) is 4.27. The number of hydrogen-bond acceptors (Lipinski definition) is 10. The van der Waals surface area contributed by atoms with Gasteiger partial charge in [0.05, 0.1) is 6.33 Å². The molecule has 1 fully saturated rings. The van der Waals surface area contributed by atoms with E-state index in [1.54, 1.807) is 0 Å². The van der Waals surface area contributed by atoms with Gasteiger partial charge in [0.1, 0.15) is 24.6 Å². The number of hydrogen-bond donors (Lipinski definition) is 6. The molecule has 6 N–H and O–H groups in total. The van der Waals surface area contributed by atoms with Crippen molar-refractivity contribution in [3.8, 4) is 5.88 Å². The van der Waals surface area contributed by atoms with Crippen LogP contribution in [0.2, 0.25) is 0 Å². The lowest BCUT2D eigenvalue weighted by Gasteiger charge is -2.21. The summed E-state index contributed by atoms with van der Waals surface area (Å²) in [5.41, 5.74) is 0.0862. The lowest BCUT2D eigenvalue weighted by molar-refractivity contribution is -0.161. The van der Waals surface area contributed by atoms with Crippen molar-refractivity contribution in [1.29, 1.82) is 0 Å². The summed E-state index contributed by atoms with van der Waals surface area (Å²) in [5, 5.41) is 39.3. The highest BCUT2D eigenvalue weighted by atomic mass is 31.2. The van der Waals surface area contributed by atoms with Crippen molar-refractivity contribution in [2.45, 2.75) is 30.8 Å². The van der Waals surface area contributed by atoms with E-state index < -0.39 is 44.5 Å². The minimum Gasteiger partial charge on any atom is -0.492 e. The summed E-state index contributed by atoms with van der Waals surface area (Å²) in [4.78, 5) is 28.6. The van der Waals surface area contributed by atoms with Gasteiger partial charge >= 0.3 is 7.82 Å². The predicted octanol–water partition coefficient (Wildman–Crippen LogP) is -2.42. The van der Waals surface area contributed by atoms with Crippen LogP contribution in [0.3, 0.4) is 0 Å². The third kappa shape index (κ3) is 2.99. The van der Waals surface area contributed by atoms with Crippen molar-refractivity contribution < 1.29 is 44.0 Å². The maximum absolute atomic E-state index is 10.8. The number of aromatic nitrogens is 4. The average Bonchev–Trinajstić information content (AvgIpc) is 3.01. The minimum atomic E-state index is -5.04. The van der Waals surface area contributed by atoms with Crippen LogP contribution >= 0.6 is 7.82 Å². The Hall–Kier alpha value is -1.70. The summed E-state index contributed by atoms with van der Waals surface area (Å²) in [6.07, 6.45) is -6.28. The highest BCUT2D eigenvalue weighted by Gasteiger charge is 2.49. The number of rotatable bonds is 4. The van der Waals surface area contributed by atoms with Crippen molar-refractivity contribution in [2.24, 2.45) is 0 Å². The monoisotopic (exact) mass is 364 g/mol. The summed E-state index contributed by atoms with van der Waals surface area (Å²) >= 11 is 0. The number of phosphoric ester groups is 1. The maximum Gasteiger partial charge on any atom is 0.472 e. The van der Waals surface area contributed by atoms with Gasteiger partial charge in [0, 0.05) is 0 Å². The SMILES string of the molecule is O=P(O)(O)OC(O)[C@H]1O[C@@H](n2cnc3c(O)ncnc32)[C@@H](O)[C@@H]1O. The molecule has 0 spiro atoms. The topological polar surface area (TPSA) is 201 Å².